The van der Waals surface area contributed by atoms with Gasteiger partial charge in [-0.25, -0.2) is 4.98 Å². The summed E-state index contributed by atoms with van der Waals surface area (Å²) in [5.74, 6) is -1.75. The number of ether oxygens (including phenoxy) is 3. The molecule has 0 radical (unpaired) electrons. The van der Waals surface area contributed by atoms with E-state index in [2.05, 4.69) is 4.98 Å². The minimum atomic E-state index is -1.04. The molecule has 0 atom stereocenters. The van der Waals surface area contributed by atoms with Gasteiger partial charge in [0.1, 0.15) is 0 Å². The van der Waals surface area contributed by atoms with Crippen LogP contribution in [0.2, 0.25) is 0 Å². The first kappa shape index (κ1) is 28.6. The first-order chi connectivity index (χ1) is 19.1. The highest BCUT2D eigenvalue weighted by Crippen LogP contribution is 2.37. The van der Waals surface area contributed by atoms with Gasteiger partial charge in [0.25, 0.3) is 5.88 Å². The number of carboxylic acid groups (broad SMARTS) is 2. The Morgan fingerprint density at radius 1 is 0.925 bits per heavy atom. The first-order valence-electron chi connectivity index (χ1n) is 12.5. The summed E-state index contributed by atoms with van der Waals surface area (Å²) in [7, 11) is 1.51. The number of carbonyl (C=O) groups excluding carboxylic acids is 2. The number of nitrogens with zero attached hydrogens (tertiary/aromatic N) is 2. The number of hydrogen-bond donors (Lipinski definition) is 3. The van der Waals surface area contributed by atoms with Crippen molar-refractivity contribution in [3.05, 3.63) is 40.4 Å². The Morgan fingerprint density at radius 3 is 2.38 bits per heavy atom. The number of hydrogen-bond acceptors (Lipinski definition) is 10. The number of pyridine rings is 1. The van der Waals surface area contributed by atoms with Gasteiger partial charge < -0.3 is 34.4 Å². The van der Waals surface area contributed by atoms with E-state index in [1.807, 2.05) is 0 Å². The summed E-state index contributed by atoms with van der Waals surface area (Å²) < 4.78 is 17.8. The van der Waals surface area contributed by atoms with E-state index in [0.717, 1.165) is 10.1 Å². The second kappa shape index (κ2) is 12.6. The van der Waals surface area contributed by atoms with E-state index in [1.165, 1.54) is 29.4 Å². The van der Waals surface area contributed by atoms with E-state index < -0.39 is 11.9 Å². The number of aliphatic carboxylic acids is 2. The van der Waals surface area contributed by atoms with E-state index in [4.69, 9.17) is 24.4 Å². The van der Waals surface area contributed by atoms with Crippen molar-refractivity contribution in [1.82, 2.24) is 9.88 Å². The summed E-state index contributed by atoms with van der Waals surface area (Å²) in [4.78, 5) is 52.3. The zero-order chi connectivity index (χ0) is 28.8. The molecule has 0 saturated heterocycles. The van der Waals surface area contributed by atoms with Crippen LogP contribution in [-0.4, -0.2) is 69.2 Å². The molecule has 1 aromatic carbocycles. The standard InChI is InChI=1S/C27H28N2O10S/c1-37-20-12-22-15(11-23(40-22)18(30)3-5-25(33)34)10-21(20)38-7-2-8-39-27-19(31)9-16-13-29(14-17(16)28-27)24(32)4-6-26(35)36/h9-12,31H,2-8,13-14H2,1H3,(H,33,34)(H,35,36). The number of thiophene rings is 1. The molecule has 1 aliphatic rings. The van der Waals surface area contributed by atoms with Crippen LogP contribution in [0.1, 0.15) is 53.0 Å². The average molecular weight is 573 g/mol. The van der Waals surface area contributed by atoms with Gasteiger partial charge in [0.2, 0.25) is 5.91 Å². The fourth-order valence-corrected chi connectivity index (χ4v) is 5.18. The molecule has 0 aliphatic carbocycles. The van der Waals surface area contributed by atoms with Gasteiger partial charge in [0.05, 0.1) is 50.3 Å². The Kier molecular flexibility index (Phi) is 9.04. The molecule has 13 heteroatoms. The maximum Gasteiger partial charge on any atom is 0.303 e. The van der Waals surface area contributed by atoms with E-state index in [9.17, 15) is 24.3 Å². The number of carbonyl (C=O) groups is 4. The Labute approximate surface area is 232 Å². The van der Waals surface area contributed by atoms with Crippen LogP contribution < -0.4 is 14.2 Å². The van der Waals surface area contributed by atoms with Crippen LogP contribution in [0.25, 0.3) is 10.1 Å². The number of benzene rings is 1. The maximum atomic E-state index is 12.3. The zero-order valence-corrected chi connectivity index (χ0v) is 22.5. The van der Waals surface area contributed by atoms with Crippen LogP contribution in [0.15, 0.2) is 24.3 Å². The average Bonchev–Trinajstić information content (AvgIpc) is 3.53. The highest BCUT2D eigenvalue weighted by molar-refractivity contribution is 7.20. The highest BCUT2D eigenvalue weighted by Gasteiger charge is 2.26. The highest BCUT2D eigenvalue weighted by atomic mass is 32.1. The van der Waals surface area contributed by atoms with Gasteiger partial charge in [-0.2, -0.15) is 0 Å². The van der Waals surface area contributed by atoms with Crippen molar-refractivity contribution in [2.24, 2.45) is 0 Å². The molecule has 0 spiro atoms. The molecule has 0 fully saturated rings. The Bertz CT molecular complexity index is 1450. The van der Waals surface area contributed by atoms with Crippen LogP contribution in [0.4, 0.5) is 0 Å². The number of fused-ring (bicyclic) bond motifs is 2. The monoisotopic (exact) mass is 572 g/mol. The van der Waals surface area contributed by atoms with E-state index in [0.29, 0.717) is 34.1 Å². The van der Waals surface area contributed by atoms with Gasteiger partial charge in [-0.3, -0.25) is 19.2 Å². The van der Waals surface area contributed by atoms with Gasteiger partial charge in [-0.05, 0) is 29.1 Å². The molecule has 4 rings (SSSR count). The van der Waals surface area contributed by atoms with Crippen molar-refractivity contribution in [2.75, 3.05) is 20.3 Å². The molecule has 3 N–H and O–H groups in total. The lowest BCUT2D eigenvalue weighted by Crippen LogP contribution is -2.25. The number of rotatable bonds is 14. The number of aromatic hydroxyl groups is 1. The van der Waals surface area contributed by atoms with Crippen molar-refractivity contribution in [2.45, 2.75) is 45.2 Å². The fourth-order valence-electron chi connectivity index (χ4n) is 4.14. The molecule has 1 amide bonds. The van der Waals surface area contributed by atoms with Crippen LogP contribution in [0, 0.1) is 0 Å². The minimum absolute atomic E-state index is 0.0379. The number of methoxy groups -OCH3 is 1. The summed E-state index contributed by atoms with van der Waals surface area (Å²) in [6, 6.07) is 6.74. The summed E-state index contributed by atoms with van der Waals surface area (Å²) in [6.07, 6.45) is -0.196. The number of ketones is 1. The lowest BCUT2D eigenvalue weighted by atomic mass is 10.1. The van der Waals surface area contributed by atoms with Crippen molar-refractivity contribution >= 4 is 45.1 Å². The van der Waals surface area contributed by atoms with Crippen molar-refractivity contribution < 1.29 is 48.7 Å². The molecule has 212 valence electrons. The summed E-state index contributed by atoms with van der Waals surface area (Å²) in [6.45, 7) is 0.905. The maximum absolute atomic E-state index is 12.3. The number of carboxylic acids is 2. The molecule has 40 heavy (non-hydrogen) atoms. The Hall–Kier alpha value is -4.39. The Morgan fingerprint density at radius 2 is 1.65 bits per heavy atom. The third kappa shape index (κ3) is 6.97. The minimum Gasteiger partial charge on any atom is -0.503 e. The van der Waals surface area contributed by atoms with Gasteiger partial charge in [0.15, 0.2) is 23.0 Å². The molecule has 3 heterocycles. The number of Topliss-reactive ketones (excluding diaryl/α,β-unsaturated/α-hetero) is 1. The first-order valence-corrected chi connectivity index (χ1v) is 13.3. The third-order valence-corrected chi connectivity index (χ3v) is 7.31. The number of aromatic nitrogens is 1. The fraction of sp³-hybridized carbons (Fsp3) is 0.370. The largest absolute Gasteiger partial charge is 0.503 e. The van der Waals surface area contributed by atoms with Gasteiger partial charge >= 0.3 is 11.9 Å². The van der Waals surface area contributed by atoms with Crippen LogP contribution >= 0.6 is 11.3 Å². The van der Waals surface area contributed by atoms with Gasteiger partial charge in [-0.1, -0.05) is 0 Å². The van der Waals surface area contributed by atoms with Crippen molar-refractivity contribution in [3.8, 4) is 23.1 Å². The van der Waals surface area contributed by atoms with E-state index in [1.54, 1.807) is 18.2 Å². The van der Waals surface area contributed by atoms with Crippen LogP contribution in [0.5, 0.6) is 23.1 Å². The molecule has 0 unspecified atom stereocenters. The van der Waals surface area contributed by atoms with Crippen LogP contribution in [-0.2, 0) is 27.5 Å². The number of amides is 1. The lowest BCUT2D eigenvalue weighted by Gasteiger charge is -2.13. The van der Waals surface area contributed by atoms with Gasteiger partial charge in [-0.15, -0.1) is 11.3 Å². The zero-order valence-electron chi connectivity index (χ0n) is 21.7. The molecule has 1 aliphatic heterocycles. The summed E-state index contributed by atoms with van der Waals surface area (Å²) in [5.41, 5.74) is 1.27. The van der Waals surface area contributed by atoms with E-state index >= 15 is 0 Å². The molecule has 12 nitrogen and oxygen atoms in total. The summed E-state index contributed by atoms with van der Waals surface area (Å²) >= 11 is 1.27. The van der Waals surface area contributed by atoms with E-state index in [-0.39, 0.29) is 75.3 Å². The second-order valence-corrected chi connectivity index (χ2v) is 10.2. The second-order valence-electron chi connectivity index (χ2n) is 9.08. The Balaban J connectivity index is 1.30. The third-order valence-electron chi connectivity index (χ3n) is 6.17. The smallest absolute Gasteiger partial charge is 0.303 e. The normalized spacial score (nSPS) is 12.3. The van der Waals surface area contributed by atoms with Crippen molar-refractivity contribution in [3.63, 3.8) is 0 Å². The van der Waals surface area contributed by atoms with Gasteiger partial charge in [0, 0.05) is 36.6 Å². The van der Waals surface area contributed by atoms with Crippen LogP contribution in [0.3, 0.4) is 0 Å². The topological polar surface area (TPSA) is 173 Å². The lowest BCUT2D eigenvalue weighted by molar-refractivity contribution is -0.141. The molecular formula is C27H28N2O10S. The molecule has 0 saturated carbocycles. The SMILES string of the molecule is COc1cc2sc(C(=O)CCC(=O)O)cc2cc1OCCCOc1nc2c(cc1O)CN(C(=O)CCC(=O)O)C2. The molecule has 3 aromatic rings. The summed E-state index contributed by atoms with van der Waals surface area (Å²) in [5, 5.41) is 28.7. The predicted molar refractivity (Wildman–Crippen MR) is 142 cm³/mol. The molecule has 0 bridgehead atoms. The molecule has 2 aromatic heterocycles. The molecular weight excluding hydrogens is 544 g/mol. The predicted octanol–water partition coefficient (Wildman–Crippen LogP) is 3.61. The van der Waals surface area contributed by atoms with Crippen molar-refractivity contribution in [1.29, 1.82) is 0 Å². The quantitative estimate of drug-likeness (QED) is 0.190.